The van der Waals surface area contributed by atoms with Gasteiger partial charge in [0, 0.05) is 13.0 Å². The molecule has 1 atom stereocenters. The van der Waals surface area contributed by atoms with Gasteiger partial charge in [-0.15, -0.1) is 0 Å². The summed E-state index contributed by atoms with van der Waals surface area (Å²) in [6, 6.07) is -0.789. The zero-order valence-electron chi connectivity index (χ0n) is 18.1. The number of allylic oxidation sites excluding steroid dienone is 2. The van der Waals surface area contributed by atoms with Crippen molar-refractivity contribution >= 4 is 11.9 Å². The molecular formula is C23H44N2O3. The molecule has 0 aromatic rings. The van der Waals surface area contributed by atoms with Gasteiger partial charge in [-0.2, -0.15) is 0 Å². The third-order valence-corrected chi connectivity index (χ3v) is 5.00. The molecule has 0 aliphatic heterocycles. The van der Waals surface area contributed by atoms with Gasteiger partial charge in [-0.05, 0) is 51.4 Å². The van der Waals surface area contributed by atoms with Crippen LogP contribution in [-0.2, 0) is 9.59 Å². The van der Waals surface area contributed by atoms with Crippen molar-refractivity contribution in [1.29, 1.82) is 0 Å². The normalized spacial score (nSPS) is 12.4. The average molecular weight is 397 g/mol. The first kappa shape index (κ1) is 26.6. The van der Waals surface area contributed by atoms with Gasteiger partial charge in [-0.25, -0.2) is 0 Å². The predicted molar refractivity (Wildman–Crippen MR) is 117 cm³/mol. The highest BCUT2D eigenvalue weighted by molar-refractivity contribution is 5.75. The van der Waals surface area contributed by atoms with Crippen molar-refractivity contribution in [2.45, 2.75) is 116 Å². The van der Waals surface area contributed by atoms with Crippen molar-refractivity contribution in [3.8, 4) is 0 Å². The van der Waals surface area contributed by atoms with Crippen LogP contribution in [0.1, 0.15) is 110 Å². The standard InChI is InChI=1S/C23H44N2O3/c1-2-3-4-5-6-7-8-9-10-11-12-13-14-15-19-22(26)25-20-17-16-18-21(24)23(27)28/h6-7,21H,2-5,8-20,24H2,1H3,(H,25,26)(H,27,28)/b7-6+/t21-/m0/s1. The smallest absolute Gasteiger partial charge is 0.320 e. The van der Waals surface area contributed by atoms with Crippen molar-refractivity contribution in [3.63, 3.8) is 0 Å². The first-order valence-electron chi connectivity index (χ1n) is 11.5. The number of hydrogen-bond donors (Lipinski definition) is 3. The highest BCUT2D eigenvalue weighted by Crippen LogP contribution is 2.10. The Labute approximate surface area is 172 Å². The number of nitrogens with one attached hydrogen (secondary N) is 1. The topological polar surface area (TPSA) is 92.4 Å². The lowest BCUT2D eigenvalue weighted by Crippen LogP contribution is -2.30. The van der Waals surface area contributed by atoms with Crippen molar-refractivity contribution in [1.82, 2.24) is 5.32 Å². The van der Waals surface area contributed by atoms with Crippen LogP contribution in [0.5, 0.6) is 0 Å². The van der Waals surface area contributed by atoms with Gasteiger partial charge in [0.15, 0.2) is 0 Å². The Balaban J connectivity index is 3.27. The van der Waals surface area contributed by atoms with E-state index in [4.69, 9.17) is 10.8 Å². The SMILES string of the molecule is CCCCC/C=C/CCCCCCCCCC(=O)NCCCC[C@H](N)C(=O)O. The predicted octanol–water partition coefficient (Wildman–Crippen LogP) is 5.33. The number of unbranched alkanes of at least 4 members (excludes halogenated alkanes) is 11. The Morgan fingerprint density at radius 1 is 0.857 bits per heavy atom. The number of nitrogens with two attached hydrogens (primary N) is 1. The van der Waals surface area contributed by atoms with E-state index in [1.807, 2.05) is 0 Å². The number of carboxylic acids is 1. The van der Waals surface area contributed by atoms with Crippen LogP contribution in [0.4, 0.5) is 0 Å². The number of hydrogen-bond acceptors (Lipinski definition) is 3. The molecule has 0 aliphatic carbocycles. The second-order valence-corrected chi connectivity index (χ2v) is 7.77. The Morgan fingerprint density at radius 3 is 2.04 bits per heavy atom. The summed E-state index contributed by atoms with van der Waals surface area (Å²) in [7, 11) is 0. The molecule has 0 unspecified atom stereocenters. The molecular weight excluding hydrogens is 352 g/mol. The summed E-state index contributed by atoms with van der Waals surface area (Å²) in [5, 5.41) is 11.6. The third kappa shape index (κ3) is 19.4. The molecule has 0 bridgehead atoms. The van der Waals surface area contributed by atoms with E-state index in [0.717, 1.165) is 25.7 Å². The molecule has 5 nitrogen and oxygen atoms in total. The fourth-order valence-corrected chi connectivity index (χ4v) is 3.11. The first-order valence-corrected chi connectivity index (χ1v) is 11.5. The molecule has 164 valence electrons. The quantitative estimate of drug-likeness (QED) is 0.191. The van der Waals surface area contributed by atoms with Gasteiger partial charge in [0.25, 0.3) is 0 Å². The first-order chi connectivity index (χ1) is 13.6. The summed E-state index contributed by atoms with van der Waals surface area (Å²) in [4.78, 5) is 22.3. The minimum atomic E-state index is -0.960. The monoisotopic (exact) mass is 396 g/mol. The molecule has 28 heavy (non-hydrogen) atoms. The summed E-state index contributed by atoms with van der Waals surface area (Å²) in [6.45, 7) is 2.85. The summed E-state index contributed by atoms with van der Waals surface area (Å²) in [5.74, 6) is -0.855. The van der Waals surface area contributed by atoms with Gasteiger partial charge in [0.1, 0.15) is 6.04 Å². The molecule has 0 radical (unpaired) electrons. The summed E-state index contributed by atoms with van der Waals surface area (Å²) >= 11 is 0. The molecule has 1 amide bonds. The molecule has 0 heterocycles. The van der Waals surface area contributed by atoms with E-state index in [1.165, 1.54) is 64.2 Å². The zero-order chi connectivity index (χ0) is 20.9. The molecule has 0 aromatic heterocycles. The Hall–Kier alpha value is -1.36. The molecule has 5 heteroatoms. The maximum atomic E-state index is 11.7. The van der Waals surface area contributed by atoms with E-state index in [0.29, 0.717) is 19.4 Å². The minimum Gasteiger partial charge on any atom is -0.480 e. The van der Waals surface area contributed by atoms with Crippen LogP contribution in [0.3, 0.4) is 0 Å². The largest absolute Gasteiger partial charge is 0.480 e. The molecule has 4 N–H and O–H groups in total. The number of carbonyl (C=O) groups excluding carboxylic acids is 1. The van der Waals surface area contributed by atoms with Crippen LogP contribution < -0.4 is 11.1 Å². The lowest BCUT2D eigenvalue weighted by atomic mass is 10.1. The van der Waals surface area contributed by atoms with E-state index in [1.54, 1.807) is 0 Å². The van der Waals surface area contributed by atoms with Crippen molar-refractivity contribution < 1.29 is 14.7 Å². The molecule has 0 aliphatic rings. The number of aliphatic carboxylic acids is 1. The van der Waals surface area contributed by atoms with Gasteiger partial charge in [-0.1, -0.05) is 64.0 Å². The van der Waals surface area contributed by atoms with E-state index < -0.39 is 12.0 Å². The third-order valence-electron chi connectivity index (χ3n) is 5.00. The lowest BCUT2D eigenvalue weighted by molar-refractivity contribution is -0.138. The van der Waals surface area contributed by atoms with Gasteiger partial charge in [0.05, 0.1) is 0 Å². The molecule has 0 spiro atoms. The maximum absolute atomic E-state index is 11.7. The van der Waals surface area contributed by atoms with Crippen LogP contribution in [0.2, 0.25) is 0 Å². The Morgan fingerprint density at radius 2 is 1.43 bits per heavy atom. The fraction of sp³-hybridized carbons (Fsp3) is 0.826. The lowest BCUT2D eigenvalue weighted by Gasteiger charge is -2.07. The van der Waals surface area contributed by atoms with Gasteiger partial charge in [-0.3, -0.25) is 9.59 Å². The minimum absolute atomic E-state index is 0.105. The summed E-state index contributed by atoms with van der Waals surface area (Å²) in [6.07, 6.45) is 22.1. The second-order valence-electron chi connectivity index (χ2n) is 7.77. The fourth-order valence-electron chi connectivity index (χ4n) is 3.11. The van der Waals surface area contributed by atoms with Gasteiger partial charge < -0.3 is 16.2 Å². The highest BCUT2D eigenvalue weighted by atomic mass is 16.4. The van der Waals surface area contributed by atoms with Crippen LogP contribution in [-0.4, -0.2) is 29.6 Å². The second kappa shape index (κ2) is 20.4. The maximum Gasteiger partial charge on any atom is 0.320 e. The average Bonchev–Trinajstić information content (AvgIpc) is 2.67. The molecule has 0 aromatic carbocycles. The molecule has 0 fully saturated rings. The highest BCUT2D eigenvalue weighted by Gasteiger charge is 2.10. The molecule has 0 rings (SSSR count). The zero-order valence-corrected chi connectivity index (χ0v) is 18.1. The molecule has 0 saturated carbocycles. The van der Waals surface area contributed by atoms with Crippen LogP contribution >= 0.6 is 0 Å². The number of amides is 1. The van der Waals surface area contributed by atoms with Crippen molar-refractivity contribution in [3.05, 3.63) is 12.2 Å². The van der Waals surface area contributed by atoms with E-state index >= 15 is 0 Å². The van der Waals surface area contributed by atoms with Crippen LogP contribution in [0, 0.1) is 0 Å². The van der Waals surface area contributed by atoms with Crippen molar-refractivity contribution in [2.75, 3.05) is 6.54 Å². The van der Waals surface area contributed by atoms with Gasteiger partial charge >= 0.3 is 5.97 Å². The Kier molecular flexibility index (Phi) is 19.4. The van der Waals surface area contributed by atoms with E-state index in [-0.39, 0.29) is 5.91 Å². The summed E-state index contributed by atoms with van der Waals surface area (Å²) < 4.78 is 0. The number of rotatable bonds is 20. The van der Waals surface area contributed by atoms with E-state index in [9.17, 15) is 9.59 Å². The van der Waals surface area contributed by atoms with Crippen LogP contribution in [0.15, 0.2) is 12.2 Å². The van der Waals surface area contributed by atoms with E-state index in [2.05, 4.69) is 24.4 Å². The van der Waals surface area contributed by atoms with Gasteiger partial charge in [0.2, 0.25) is 5.91 Å². The number of carbonyl (C=O) groups is 2. The molecule has 0 saturated heterocycles. The summed E-state index contributed by atoms with van der Waals surface area (Å²) in [5.41, 5.74) is 5.43. The van der Waals surface area contributed by atoms with Crippen LogP contribution in [0.25, 0.3) is 0 Å². The number of carboxylic acid groups (broad SMARTS) is 1. The Bertz CT molecular complexity index is 411. The van der Waals surface area contributed by atoms with Crippen molar-refractivity contribution in [2.24, 2.45) is 5.73 Å².